The number of amides is 1. The third kappa shape index (κ3) is 3.67. The summed E-state index contributed by atoms with van der Waals surface area (Å²) < 4.78 is 0. The Balaban J connectivity index is 2.01. The number of carbonyl (C=O) groups is 1. The first-order chi connectivity index (χ1) is 9.20. The molecule has 0 aromatic carbocycles. The Kier molecular flexibility index (Phi) is 4.74. The first-order valence-electron chi connectivity index (χ1n) is 5.74. The highest BCUT2D eigenvalue weighted by Crippen LogP contribution is 2.17. The lowest BCUT2D eigenvalue weighted by atomic mass is 10.2. The van der Waals surface area contributed by atoms with E-state index in [0.29, 0.717) is 13.1 Å². The molecular weight excluding hydrogens is 276 g/mol. The maximum absolute atomic E-state index is 12.1. The number of nitrogens with two attached hydrogens (primary N) is 1. The second kappa shape index (κ2) is 6.53. The van der Waals surface area contributed by atoms with Crippen LogP contribution in [0, 0.1) is 11.8 Å². The molecule has 0 fully saturated rings. The molecule has 0 atom stereocenters. The van der Waals surface area contributed by atoms with Crippen molar-refractivity contribution in [2.45, 2.75) is 6.54 Å². The molecule has 2 N–H and O–H groups in total. The van der Waals surface area contributed by atoms with Crippen LogP contribution >= 0.6 is 22.7 Å². The summed E-state index contributed by atoms with van der Waals surface area (Å²) >= 11 is 3.14. The van der Waals surface area contributed by atoms with Gasteiger partial charge in [-0.05, 0) is 17.5 Å². The number of nitrogens with zero attached hydrogens (tertiary/aromatic N) is 1. The van der Waals surface area contributed by atoms with E-state index in [0.717, 1.165) is 16.0 Å². The monoisotopic (exact) mass is 290 g/mol. The highest BCUT2D eigenvalue weighted by molar-refractivity contribution is 7.10. The van der Waals surface area contributed by atoms with Crippen LogP contribution in [-0.4, -0.2) is 24.4 Å². The molecule has 0 aliphatic rings. The van der Waals surface area contributed by atoms with Gasteiger partial charge in [-0.2, -0.15) is 11.3 Å². The van der Waals surface area contributed by atoms with E-state index in [1.807, 2.05) is 35.3 Å². The summed E-state index contributed by atoms with van der Waals surface area (Å²) in [6, 6.07) is 3.85. The maximum atomic E-state index is 12.1. The molecule has 2 heterocycles. The third-order valence-electron chi connectivity index (χ3n) is 2.50. The predicted octanol–water partition coefficient (Wildman–Crippen LogP) is 2.39. The Hall–Kier alpha value is -1.61. The van der Waals surface area contributed by atoms with Crippen molar-refractivity contribution < 1.29 is 4.79 Å². The summed E-state index contributed by atoms with van der Waals surface area (Å²) in [5.41, 5.74) is 7.04. The van der Waals surface area contributed by atoms with E-state index in [4.69, 9.17) is 5.73 Å². The van der Waals surface area contributed by atoms with Gasteiger partial charge in [-0.1, -0.05) is 11.8 Å². The van der Waals surface area contributed by atoms with Gasteiger partial charge in [-0.3, -0.25) is 4.79 Å². The minimum absolute atomic E-state index is 0.0456. The summed E-state index contributed by atoms with van der Waals surface area (Å²) in [5, 5.41) is 5.76. The lowest BCUT2D eigenvalue weighted by molar-refractivity contribution is 0.0787. The van der Waals surface area contributed by atoms with Crippen molar-refractivity contribution in [3.05, 3.63) is 44.3 Å². The minimum Gasteiger partial charge on any atom is -0.337 e. The van der Waals surface area contributed by atoms with Crippen LogP contribution in [0.2, 0.25) is 0 Å². The summed E-state index contributed by atoms with van der Waals surface area (Å²) in [6.45, 7) is 0.964. The number of carbonyl (C=O) groups excluding carboxylic acids is 1. The van der Waals surface area contributed by atoms with Gasteiger partial charge in [0.25, 0.3) is 5.91 Å². The first-order valence-corrected chi connectivity index (χ1v) is 7.57. The maximum Gasteiger partial charge on any atom is 0.254 e. The molecule has 0 bridgehead atoms. The van der Waals surface area contributed by atoms with Gasteiger partial charge in [-0.15, -0.1) is 11.3 Å². The first kappa shape index (κ1) is 13.8. The fraction of sp³-hybridized carbons (Fsp3) is 0.214. The summed E-state index contributed by atoms with van der Waals surface area (Å²) in [4.78, 5) is 14.9. The second-order valence-corrected chi connectivity index (χ2v) is 5.76. The quantitative estimate of drug-likeness (QED) is 0.882. The Bertz CT molecular complexity index is 605. The number of thiophene rings is 2. The van der Waals surface area contributed by atoms with Crippen LogP contribution in [0.3, 0.4) is 0 Å². The Morgan fingerprint density at radius 1 is 1.47 bits per heavy atom. The molecular formula is C14H14N2OS2. The standard InChI is InChI=1S/C14H14N2OS2/c1-16(14(17)12-4-6-18-10-12)8-13-7-11(9-19-13)3-2-5-15/h4,6-7,9-10H,5,8,15H2,1H3. The number of hydrogen-bond acceptors (Lipinski definition) is 4. The number of rotatable bonds is 3. The predicted molar refractivity (Wildman–Crippen MR) is 80.4 cm³/mol. The van der Waals surface area contributed by atoms with Crippen LogP contribution in [0.25, 0.3) is 0 Å². The summed E-state index contributed by atoms with van der Waals surface area (Å²) in [5.74, 6) is 5.86. The Morgan fingerprint density at radius 3 is 3.00 bits per heavy atom. The van der Waals surface area contributed by atoms with Crippen LogP contribution in [0.4, 0.5) is 0 Å². The fourth-order valence-corrected chi connectivity index (χ4v) is 3.09. The van der Waals surface area contributed by atoms with E-state index >= 15 is 0 Å². The van der Waals surface area contributed by atoms with E-state index in [2.05, 4.69) is 11.8 Å². The van der Waals surface area contributed by atoms with E-state index in [-0.39, 0.29) is 5.91 Å². The van der Waals surface area contributed by atoms with Gasteiger partial charge >= 0.3 is 0 Å². The molecule has 2 aromatic heterocycles. The van der Waals surface area contributed by atoms with Crippen LogP contribution in [0.5, 0.6) is 0 Å². The minimum atomic E-state index is 0.0456. The number of hydrogen-bond donors (Lipinski definition) is 1. The molecule has 0 spiro atoms. The highest BCUT2D eigenvalue weighted by Gasteiger charge is 2.12. The molecule has 0 aliphatic carbocycles. The van der Waals surface area contributed by atoms with E-state index < -0.39 is 0 Å². The average Bonchev–Trinajstić information content (AvgIpc) is 3.06. The third-order valence-corrected chi connectivity index (χ3v) is 4.10. The van der Waals surface area contributed by atoms with Gasteiger partial charge < -0.3 is 10.6 Å². The van der Waals surface area contributed by atoms with Crippen LogP contribution in [0.1, 0.15) is 20.8 Å². The highest BCUT2D eigenvalue weighted by atomic mass is 32.1. The molecule has 3 nitrogen and oxygen atoms in total. The van der Waals surface area contributed by atoms with Gasteiger partial charge in [0.1, 0.15) is 0 Å². The van der Waals surface area contributed by atoms with E-state index in [1.165, 1.54) is 11.3 Å². The fourth-order valence-electron chi connectivity index (χ4n) is 1.59. The summed E-state index contributed by atoms with van der Waals surface area (Å²) in [6.07, 6.45) is 0. The molecule has 1 amide bonds. The zero-order chi connectivity index (χ0) is 13.7. The summed E-state index contributed by atoms with van der Waals surface area (Å²) in [7, 11) is 1.81. The second-order valence-electron chi connectivity index (χ2n) is 3.98. The van der Waals surface area contributed by atoms with E-state index in [1.54, 1.807) is 16.2 Å². The van der Waals surface area contributed by atoms with Crippen LogP contribution in [-0.2, 0) is 6.54 Å². The van der Waals surface area contributed by atoms with Crippen molar-refractivity contribution in [3.63, 3.8) is 0 Å². The van der Waals surface area contributed by atoms with Crippen LogP contribution in [0.15, 0.2) is 28.3 Å². The van der Waals surface area contributed by atoms with Gasteiger partial charge in [0.15, 0.2) is 0 Å². The van der Waals surface area contributed by atoms with Gasteiger partial charge in [-0.25, -0.2) is 0 Å². The van der Waals surface area contributed by atoms with Crippen LogP contribution < -0.4 is 5.73 Å². The Labute approximate surface area is 120 Å². The smallest absolute Gasteiger partial charge is 0.254 e. The van der Waals surface area contributed by atoms with Crippen molar-refractivity contribution in [2.24, 2.45) is 5.73 Å². The SMILES string of the molecule is CN(Cc1cc(C#CCN)cs1)C(=O)c1ccsc1. The lowest BCUT2D eigenvalue weighted by Gasteiger charge is -2.15. The lowest BCUT2D eigenvalue weighted by Crippen LogP contribution is -2.25. The molecule has 19 heavy (non-hydrogen) atoms. The topological polar surface area (TPSA) is 46.3 Å². The molecule has 2 aromatic rings. The zero-order valence-corrected chi connectivity index (χ0v) is 12.2. The van der Waals surface area contributed by atoms with E-state index in [9.17, 15) is 4.79 Å². The average molecular weight is 290 g/mol. The molecule has 0 radical (unpaired) electrons. The van der Waals surface area contributed by atoms with Gasteiger partial charge in [0.05, 0.1) is 18.7 Å². The Morgan fingerprint density at radius 2 is 2.32 bits per heavy atom. The molecule has 0 saturated heterocycles. The van der Waals surface area contributed by atoms with Crippen molar-refractivity contribution >= 4 is 28.6 Å². The molecule has 0 saturated carbocycles. The zero-order valence-electron chi connectivity index (χ0n) is 10.6. The molecule has 0 unspecified atom stereocenters. The van der Waals surface area contributed by atoms with Crippen molar-refractivity contribution in [3.8, 4) is 11.8 Å². The largest absolute Gasteiger partial charge is 0.337 e. The van der Waals surface area contributed by atoms with Gasteiger partial charge in [0, 0.05) is 28.2 Å². The molecule has 0 aliphatic heterocycles. The normalized spacial score (nSPS) is 9.79. The van der Waals surface area contributed by atoms with Crippen molar-refractivity contribution in [1.29, 1.82) is 0 Å². The molecule has 98 valence electrons. The molecule has 5 heteroatoms. The van der Waals surface area contributed by atoms with Gasteiger partial charge in [0.2, 0.25) is 0 Å². The molecule has 2 rings (SSSR count). The van der Waals surface area contributed by atoms with Crippen molar-refractivity contribution in [2.75, 3.05) is 13.6 Å². The van der Waals surface area contributed by atoms with Crippen molar-refractivity contribution in [1.82, 2.24) is 4.90 Å².